The fourth-order valence-electron chi connectivity index (χ4n) is 3.06. The molecular weight excluding hydrogens is 356 g/mol. The molecule has 7 heteroatoms. The molecule has 1 heterocycles. The Balaban J connectivity index is 2.61. The fourth-order valence-corrected chi connectivity index (χ4v) is 3.06. The summed E-state index contributed by atoms with van der Waals surface area (Å²) in [5.41, 5.74) is -0.679. The van der Waals surface area contributed by atoms with Crippen LogP contribution in [0.3, 0.4) is 0 Å². The summed E-state index contributed by atoms with van der Waals surface area (Å²) in [4.78, 5) is 21.2. The number of aliphatic imine (C=N–C) groups is 1. The average molecular weight is 399 g/mol. The zero-order valence-corrected chi connectivity index (χ0v) is 19.0. The first-order valence-electron chi connectivity index (χ1n) is 10.6. The van der Waals surface area contributed by atoms with Crippen molar-refractivity contribution in [2.75, 3.05) is 45.9 Å². The largest absolute Gasteiger partial charge is 0.444 e. The van der Waals surface area contributed by atoms with Crippen LogP contribution in [0.25, 0.3) is 0 Å². The minimum atomic E-state index is -0.465. The molecule has 1 fully saturated rings. The first-order valence-corrected chi connectivity index (χ1v) is 10.6. The Hall–Kier alpha value is -1.50. The van der Waals surface area contributed by atoms with Crippen LogP contribution in [-0.4, -0.2) is 78.4 Å². The Morgan fingerprint density at radius 3 is 2.29 bits per heavy atom. The number of hydrogen-bond donors (Lipinski definition) is 2. The lowest BCUT2D eigenvalue weighted by molar-refractivity contribution is 0.0214. The van der Waals surface area contributed by atoms with Gasteiger partial charge in [0.05, 0.1) is 6.54 Å². The predicted molar refractivity (Wildman–Crippen MR) is 115 cm³/mol. The Bertz CT molecular complexity index is 506. The number of guanidine groups is 1. The normalized spacial score (nSPS) is 16.9. The van der Waals surface area contributed by atoms with Crippen LogP contribution >= 0.6 is 0 Å². The third kappa shape index (κ3) is 8.67. The lowest BCUT2D eigenvalue weighted by Crippen LogP contribution is -2.48. The second-order valence-corrected chi connectivity index (χ2v) is 9.44. The number of aliphatic hydroxyl groups is 1. The van der Waals surface area contributed by atoms with Crippen molar-refractivity contribution in [3.63, 3.8) is 0 Å². The highest BCUT2D eigenvalue weighted by Crippen LogP contribution is 2.21. The van der Waals surface area contributed by atoms with Crippen molar-refractivity contribution in [1.82, 2.24) is 15.1 Å². The van der Waals surface area contributed by atoms with Crippen LogP contribution in [0.4, 0.5) is 4.79 Å². The minimum Gasteiger partial charge on any atom is -0.444 e. The number of nitrogens with one attached hydrogen (secondary N) is 1. The highest BCUT2D eigenvalue weighted by atomic mass is 16.6. The number of likely N-dealkylation sites (tertiary alicyclic amines) is 1. The van der Waals surface area contributed by atoms with E-state index in [0.29, 0.717) is 19.0 Å². The van der Waals surface area contributed by atoms with Gasteiger partial charge in [-0.05, 0) is 53.4 Å². The zero-order chi connectivity index (χ0) is 21.4. The number of piperidine rings is 1. The number of aliphatic hydroxyl groups excluding tert-OH is 1. The van der Waals surface area contributed by atoms with Gasteiger partial charge in [0.15, 0.2) is 5.96 Å². The van der Waals surface area contributed by atoms with Crippen LogP contribution in [0.2, 0.25) is 0 Å². The third-order valence-electron chi connectivity index (χ3n) is 4.85. The second-order valence-electron chi connectivity index (χ2n) is 9.44. The first kappa shape index (κ1) is 24.5. The van der Waals surface area contributed by atoms with E-state index in [-0.39, 0.29) is 18.1 Å². The van der Waals surface area contributed by atoms with Crippen LogP contribution in [0.5, 0.6) is 0 Å². The fraction of sp³-hybridized carbons (Fsp3) is 0.905. The summed E-state index contributed by atoms with van der Waals surface area (Å²) in [5.74, 6) is 1.39. The van der Waals surface area contributed by atoms with Gasteiger partial charge in [-0.25, -0.2) is 4.79 Å². The van der Waals surface area contributed by atoms with E-state index in [4.69, 9.17) is 9.73 Å². The van der Waals surface area contributed by atoms with Gasteiger partial charge in [-0.3, -0.25) is 4.99 Å². The van der Waals surface area contributed by atoms with E-state index in [1.165, 1.54) is 0 Å². The highest BCUT2D eigenvalue weighted by Gasteiger charge is 2.27. The van der Waals surface area contributed by atoms with Gasteiger partial charge in [-0.2, -0.15) is 0 Å². The lowest BCUT2D eigenvalue weighted by Gasteiger charge is -2.37. The standard InChI is InChI=1S/C21H42N4O3/c1-8-22-18(23-15-21(6,7)16-26)25-12-10-17(11-13-25)14-24(9-2)19(27)28-20(3,4)5/h17,26H,8-16H2,1-7H3,(H,22,23). The van der Waals surface area contributed by atoms with E-state index >= 15 is 0 Å². The van der Waals surface area contributed by atoms with E-state index in [2.05, 4.69) is 17.1 Å². The molecule has 7 nitrogen and oxygen atoms in total. The van der Waals surface area contributed by atoms with Gasteiger partial charge >= 0.3 is 6.09 Å². The SMILES string of the molecule is CCNC(=NCC(C)(C)CO)N1CCC(CN(CC)C(=O)OC(C)(C)C)CC1. The molecule has 2 N–H and O–H groups in total. The molecular formula is C21H42N4O3. The van der Waals surface area contributed by atoms with Crippen molar-refractivity contribution in [2.45, 2.75) is 66.9 Å². The van der Waals surface area contributed by atoms with Crippen molar-refractivity contribution in [3.8, 4) is 0 Å². The topological polar surface area (TPSA) is 77.4 Å². The molecule has 164 valence electrons. The van der Waals surface area contributed by atoms with Crippen molar-refractivity contribution < 1.29 is 14.6 Å². The molecule has 0 spiro atoms. The molecule has 28 heavy (non-hydrogen) atoms. The maximum atomic E-state index is 12.4. The van der Waals surface area contributed by atoms with Gasteiger partial charge in [-0.1, -0.05) is 13.8 Å². The second kappa shape index (κ2) is 10.9. The van der Waals surface area contributed by atoms with Crippen LogP contribution in [0, 0.1) is 11.3 Å². The molecule has 1 aliphatic rings. The van der Waals surface area contributed by atoms with E-state index in [0.717, 1.165) is 45.0 Å². The zero-order valence-electron chi connectivity index (χ0n) is 19.0. The number of nitrogens with zero attached hydrogens (tertiary/aromatic N) is 3. The molecule has 0 radical (unpaired) electrons. The van der Waals surface area contributed by atoms with Gasteiger partial charge in [-0.15, -0.1) is 0 Å². The van der Waals surface area contributed by atoms with Crippen LogP contribution < -0.4 is 5.32 Å². The summed E-state index contributed by atoms with van der Waals surface area (Å²) in [6.45, 7) is 18.6. The monoisotopic (exact) mass is 398 g/mol. The smallest absolute Gasteiger partial charge is 0.410 e. The number of rotatable bonds is 7. The number of ether oxygens (including phenoxy) is 1. The maximum Gasteiger partial charge on any atom is 0.410 e. The number of hydrogen-bond acceptors (Lipinski definition) is 4. The van der Waals surface area contributed by atoms with Gasteiger partial charge < -0.3 is 25.0 Å². The van der Waals surface area contributed by atoms with E-state index < -0.39 is 5.60 Å². The quantitative estimate of drug-likeness (QED) is 0.509. The van der Waals surface area contributed by atoms with Crippen molar-refractivity contribution >= 4 is 12.1 Å². The number of carbonyl (C=O) groups is 1. The Morgan fingerprint density at radius 2 is 1.82 bits per heavy atom. The molecule has 0 aromatic heterocycles. The van der Waals surface area contributed by atoms with Crippen molar-refractivity contribution in [1.29, 1.82) is 0 Å². The maximum absolute atomic E-state index is 12.4. The van der Waals surface area contributed by atoms with Crippen LogP contribution in [0.1, 0.15) is 61.3 Å². The van der Waals surface area contributed by atoms with E-state index in [1.54, 1.807) is 0 Å². The Morgan fingerprint density at radius 1 is 1.21 bits per heavy atom. The van der Waals surface area contributed by atoms with Crippen LogP contribution in [0.15, 0.2) is 4.99 Å². The van der Waals surface area contributed by atoms with Gasteiger partial charge in [0, 0.05) is 44.7 Å². The molecule has 0 aromatic rings. The van der Waals surface area contributed by atoms with Gasteiger partial charge in [0.1, 0.15) is 5.60 Å². The summed E-state index contributed by atoms with van der Waals surface area (Å²) in [6, 6.07) is 0. The minimum absolute atomic E-state index is 0.121. The summed E-state index contributed by atoms with van der Waals surface area (Å²) in [6.07, 6.45) is 1.82. The van der Waals surface area contributed by atoms with Crippen LogP contribution in [-0.2, 0) is 4.74 Å². The molecule has 1 saturated heterocycles. The molecule has 0 bridgehead atoms. The molecule has 0 aromatic carbocycles. The van der Waals surface area contributed by atoms with E-state index in [9.17, 15) is 9.90 Å². The summed E-state index contributed by atoms with van der Waals surface area (Å²) < 4.78 is 5.53. The molecule has 1 rings (SSSR count). The third-order valence-corrected chi connectivity index (χ3v) is 4.85. The molecule has 1 amide bonds. The molecule has 0 saturated carbocycles. The van der Waals surface area contributed by atoms with Crippen molar-refractivity contribution in [3.05, 3.63) is 0 Å². The average Bonchev–Trinajstić information content (AvgIpc) is 2.62. The Kier molecular flexibility index (Phi) is 9.54. The summed E-state index contributed by atoms with van der Waals surface area (Å²) in [5, 5.41) is 12.8. The first-order chi connectivity index (χ1) is 13.0. The predicted octanol–water partition coefficient (Wildman–Crippen LogP) is 2.94. The number of carbonyl (C=O) groups excluding carboxylic acids is 1. The van der Waals surface area contributed by atoms with E-state index in [1.807, 2.05) is 46.4 Å². The lowest BCUT2D eigenvalue weighted by atomic mass is 9.95. The molecule has 0 unspecified atom stereocenters. The Labute approximate surface area is 171 Å². The highest BCUT2D eigenvalue weighted by molar-refractivity contribution is 5.80. The summed E-state index contributed by atoms with van der Waals surface area (Å²) in [7, 11) is 0. The van der Waals surface area contributed by atoms with Gasteiger partial charge in [0.25, 0.3) is 0 Å². The number of amides is 1. The summed E-state index contributed by atoms with van der Waals surface area (Å²) >= 11 is 0. The molecule has 1 aliphatic heterocycles. The molecule has 0 atom stereocenters. The van der Waals surface area contributed by atoms with Gasteiger partial charge in [0.2, 0.25) is 0 Å². The molecule has 0 aliphatic carbocycles. The van der Waals surface area contributed by atoms with Crippen molar-refractivity contribution in [2.24, 2.45) is 16.3 Å².